The average Bonchev–Trinajstić information content (AvgIpc) is 2.70. The molecule has 0 aliphatic rings. The van der Waals surface area contributed by atoms with Crippen LogP contribution >= 0.6 is 0 Å². The van der Waals surface area contributed by atoms with Crippen molar-refractivity contribution < 1.29 is 14.4 Å². The minimum Gasteiger partial charge on any atom is -0.222 e. The first kappa shape index (κ1) is 37.8. The van der Waals surface area contributed by atoms with Gasteiger partial charge >= 0.3 is 0 Å². The fourth-order valence-corrected chi connectivity index (χ4v) is 2.41. The second kappa shape index (κ2) is 56.2. The molecule has 0 fully saturated rings. The maximum atomic E-state index is 8.35. The summed E-state index contributed by atoms with van der Waals surface area (Å²) in [5.74, 6) is 0. The highest BCUT2D eigenvalue weighted by molar-refractivity contribution is 5.26. The molecule has 172 valence electrons. The van der Waals surface area contributed by atoms with Crippen LogP contribution in [0.15, 0.2) is 0 Å². The second-order valence-corrected chi connectivity index (χ2v) is 6.55. The Morgan fingerprint density at radius 2 is 0.483 bits per heavy atom. The Morgan fingerprint density at radius 1 is 0.379 bits per heavy atom. The average molecular weight is 414 g/mol. The lowest BCUT2D eigenvalue weighted by atomic mass is 10.1. The molecule has 0 aromatic rings. The van der Waals surface area contributed by atoms with E-state index in [9.17, 15) is 0 Å². The summed E-state index contributed by atoms with van der Waals surface area (Å²) in [4.78, 5) is 25.0. The van der Waals surface area contributed by atoms with Gasteiger partial charge < -0.3 is 0 Å². The molecule has 0 saturated carbocycles. The molecule has 0 aliphatic carbocycles. The van der Waals surface area contributed by atoms with Crippen molar-refractivity contribution in [3.05, 3.63) is 0 Å². The SMILES string of the molecule is CCCCCCCCC.CCCCCCCCCCC.N=C=O.N=C=O.N=C=O. The first-order valence-electron chi connectivity index (χ1n) is 11.2. The molecule has 0 radical (unpaired) electrons. The van der Waals surface area contributed by atoms with E-state index in [1.807, 2.05) is 0 Å². The summed E-state index contributed by atoms with van der Waals surface area (Å²) in [6, 6.07) is 0. The molecule has 0 bridgehead atoms. The number of hydrogen-bond donors (Lipinski definition) is 3. The lowest BCUT2D eigenvalue weighted by molar-refractivity contribution is 0.562. The third-order valence-corrected chi connectivity index (χ3v) is 3.91. The Balaban J connectivity index is -0.0000000949. The highest BCUT2D eigenvalue weighted by Gasteiger charge is 1.89. The van der Waals surface area contributed by atoms with Gasteiger partial charge in [0.05, 0.1) is 0 Å². The van der Waals surface area contributed by atoms with Crippen molar-refractivity contribution in [2.75, 3.05) is 0 Å². The second-order valence-electron chi connectivity index (χ2n) is 6.55. The monoisotopic (exact) mass is 413 g/mol. The van der Waals surface area contributed by atoms with Crippen LogP contribution in [0.25, 0.3) is 0 Å². The Labute approximate surface area is 179 Å². The van der Waals surface area contributed by atoms with Gasteiger partial charge in [-0.2, -0.15) is 0 Å². The highest BCUT2D eigenvalue weighted by Crippen LogP contribution is 2.09. The summed E-state index contributed by atoms with van der Waals surface area (Å²) in [5.41, 5.74) is 0. The van der Waals surface area contributed by atoms with Crippen molar-refractivity contribution in [2.45, 2.75) is 130 Å². The zero-order valence-corrected chi connectivity index (χ0v) is 19.5. The number of unbranched alkanes of at least 4 members (excludes halogenated alkanes) is 14. The molecule has 29 heavy (non-hydrogen) atoms. The highest BCUT2D eigenvalue weighted by atomic mass is 16.1. The molecule has 0 aromatic heterocycles. The van der Waals surface area contributed by atoms with E-state index in [1.165, 1.54) is 103 Å². The van der Waals surface area contributed by atoms with Crippen molar-refractivity contribution in [1.29, 1.82) is 16.2 Å². The van der Waals surface area contributed by atoms with Crippen LogP contribution in [0.1, 0.15) is 130 Å². The summed E-state index contributed by atoms with van der Waals surface area (Å²) in [6.07, 6.45) is 25.2. The van der Waals surface area contributed by atoms with E-state index in [-0.39, 0.29) is 0 Å². The molecule has 0 aliphatic heterocycles. The van der Waals surface area contributed by atoms with Gasteiger partial charge in [-0.15, -0.1) is 0 Å². The van der Waals surface area contributed by atoms with E-state index < -0.39 is 0 Å². The van der Waals surface area contributed by atoms with Crippen molar-refractivity contribution in [2.24, 2.45) is 0 Å². The van der Waals surface area contributed by atoms with Gasteiger partial charge in [-0.25, -0.2) is 30.6 Å². The van der Waals surface area contributed by atoms with Gasteiger partial charge in [0, 0.05) is 0 Å². The quantitative estimate of drug-likeness (QED) is 0.152. The van der Waals surface area contributed by atoms with Gasteiger partial charge in [0.1, 0.15) is 0 Å². The Morgan fingerprint density at radius 3 is 0.586 bits per heavy atom. The van der Waals surface area contributed by atoms with Crippen LogP contribution in [0.5, 0.6) is 0 Å². The number of nitrogens with one attached hydrogen (secondary N) is 3. The first-order chi connectivity index (χ1) is 14.1. The summed E-state index contributed by atoms with van der Waals surface area (Å²) >= 11 is 0. The standard InChI is InChI=1S/C11H24.C9H20.3CHNO/c1-3-5-7-9-11-10-8-6-4-2;1-3-5-7-9-8-6-4-2;3*2-1-3/h3-11H2,1-2H3;3-9H2,1-2H3;3*2H. The van der Waals surface area contributed by atoms with E-state index in [0.717, 1.165) is 18.2 Å². The third kappa shape index (κ3) is 103. The van der Waals surface area contributed by atoms with Crippen LogP contribution < -0.4 is 0 Å². The van der Waals surface area contributed by atoms with Crippen LogP contribution in [0.2, 0.25) is 0 Å². The van der Waals surface area contributed by atoms with Gasteiger partial charge in [-0.1, -0.05) is 130 Å². The van der Waals surface area contributed by atoms with Gasteiger partial charge in [-0.3, -0.25) is 0 Å². The van der Waals surface area contributed by atoms with Crippen LogP contribution in [0.3, 0.4) is 0 Å². The largest absolute Gasteiger partial charge is 0.231 e. The molecule has 0 amide bonds. The Hall–Kier alpha value is -1.86. The zero-order chi connectivity index (χ0) is 23.4. The van der Waals surface area contributed by atoms with E-state index in [4.69, 9.17) is 30.6 Å². The molecule has 0 saturated heterocycles. The fourth-order valence-electron chi connectivity index (χ4n) is 2.41. The summed E-state index contributed by atoms with van der Waals surface area (Å²) in [7, 11) is 0. The molecule has 0 aromatic carbocycles. The predicted octanol–water partition coefficient (Wildman–Crippen LogP) is 8.00. The Kier molecular flexibility index (Phi) is 73.4. The number of rotatable bonds is 14. The van der Waals surface area contributed by atoms with Crippen molar-refractivity contribution >= 4 is 18.2 Å². The van der Waals surface area contributed by atoms with Crippen LogP contribution in [-0.4, -0.2) is 18.2 Å². The van der Waals surface area contributed by atoms with Crippen LogP contribution in [0.4, 0.5) is 0 Å². The zero-order valence-electron chi connectivity index (χ0n) is 19.5. The molecule has 0 rings (SSSR count). The summed E-state index contributed by atoms with van der Waals surface area (Å²) in [6.45, 7) is 9.08. The van der Waals surface area contributed by atoms with Gasteiger partial charge in [0.2, 0.25) is 18.2 Å². The lowest BCUT2D eigenvalue weighted by Gasteiger charge is -1.98. The van der Waals surface area contributed by atoms with E-state index >= 15 is 0 Å². The first-order valence-corrected chi connectivity index (χ1v) is 11.2. The molecule has 6 nitrogen and oxygen atoms in total. The summed E-state index contributed by atoms with van der Waals surface area (Å²) < 4.78 is 0. The minimum atomic E-state index is 0.750. The Bertz CT molecular complexity index is 301. The van der Waals surface area contributed by atoms with E-state index in [0.29, 0.717) is 0 Å². The number of hydrogen-bond acceptors (Lipinski definition) is 6. The number of isocyanates is 3. The number of carbonyl (C=O) groups excluding carboxylic acids is 3. The van der Waals surface area contributed by atoms with Crippen molar-refractivity contribution in [3.8, 4) is 0 Å². The van der Waals surface area contributed by atoms with E-state index in [2.05, 4.69) is 27.7 Å². The van der Waals surface area contributed by atoms with Crippen LogP contribution in [-0.2, 0) is 14.4 Å². The van der Waals surface area contributed by atoms with Crippen molar-refractivity contribution in [3.63, 3.8) is 0 Å². The lowest BCUT2D eigenvalue weighted by Crippen LogP contribution is -1.79. The normalized spacial score (nSPS) is 7.86. The molecule has 0 heterocycles. The van der Waals surface area contributed by atoms with E-state index in [1.54, 1.807) is 0 Å². The molecule has 0 unspecified atom stereocenters. The van der Waals surface area contributed by atoms with Gasteiger partial charge in [-0.05, 0) is 0 Å². The summed E-state index contributed by atoms with van der Waals surface area (Å²) in [5, 5.41) is 16.2. The van der Waals surface area contributed by atoms with Crippen molar-refractivity contribution in [1.82, 2.24) is 0 Å². The molecule has 6 heteroatoms. The molecular weight excluding hydrogens is 366 g/mol. The smallest absolute Gasteiger partial charge is 0.222 e. The maximum absolute atomic E-state index is 8.35. The molecule has 3 N–H and O–H groups in total. The van der Waals surface area contributed by atoms with Crippen LogP contribution in [0, 0.1) is 16.2 Å². The maximum Gasteiger partial charge on any atom is 0.231 e. The minimum absolute atomic E-state index is 0.750. The topological polar surface area (TPSA) is 123 Å². The molecule has 0 atom stereocenters. The molecular formula is C23H47N3O3. The fraction of sp³-hybridized carbons (Fsp3) is 0.870. The third-order valence-electron chi connectivity index (χ3n) is 3.91. The predicted molar refractivity (Wildman–Crippen MR) is 122 cm³/mol. The molecule has 0 spiro atoms. The van der Waals surface area contributed by atoms with Gasteiger partial charge in [0.15, 0.2) is 0 Å². The van der Waals surface area contributed by atoms with Gasteiger partial charge in [0.25, 0.3) is 0 Å².